The maximum Gasteiger partial charge on any atom is 0.255 e. The first-order chi connectivity index (χ1) is 13.0. The summed E-state index contributed by atoms with van der Waals surface area (Å²) >= 11 is 0. The minimum atomic E-state index is -0.255. The number of carbonyl (C=O) groups is 2. The Labute approximate surface area is 158 Å². The Balaban J connectivity index is 1.74. The molecule has 136 valence electrons. The fourth-order valence-electron chi connectivity index (χ4n) is 2.65. The average molecular weight is 359 g/mol. The highest BCUT2D eigenvalue weighted by Gasteiger charge is 2.14. The first kappa shape index (κ1) is 18.3. The summed E-state index contributed by atoms with van der Waals surface area (Å²) in [4.78, 5) is 29.2. The summed E-state index contributed by atoms with van der Waals surface area (Å²) in [6.07, 6.45) is 3.39. The summed E-state index contributed by atoms with van der Waals surface area (Å²) in [5.41, 5.74) is 4.53. The number of pyridine rings is 1. The van der Waals surface area contributed by atoms with E-state index in [9.17, 15) is 9.59 Å². The standard InChI is InChI=1S/C22H21N3O2/c1-15-9-10-18(12-16(15)2)21(26)25-20-8-4-3-7-19(20)22(27)24-14-17-6-5-11-23-13-17/h3-13H,14H2,1-2H3,(H,24,27)(H,25,26). The van der Waals surface area contributed by atoms with Gasteiger partial charge < -0.3 is 10.6 Å². The number of hydrogen-bond acceptors (Lipinski definition) is 3. The summed E-state index contributed by atoms with van der Waals surface area (Å²) in [7, 11) is 0. The molecule has 0 fully saturated rings. The van der Waals surface area contributed by atoms with Gasteiger partial charge in [-0.3, -0.25) is 14.6 Å². The molecule has 0 aliphatic carbocycles. The molecule has 0 saturated heterocycles. The van der Waals surface area contributed by atoms with Gasteiger partial charge in [0, 0.05) is 24.5 Å². The van der Waals surface area contributed by atoms with Gasteiger partial charge in [0.2, 0.25) is 0 Å². The maximum atomic E-state index is 12.6. The van der Waals surface area contributed by atoms with E-state index < -0.39 is 0 Å². The Morgan fingerprint density at radius 3 is 2.48 bits per heavy atom. The monoisotopic (exact) mass is 359 g/mol. The van der Waals surface area contributed by atoms with E-state index in [2.05, 4.69) is 15.6 Å². The van der Waals surface area contributed by atoms with Crippen LogP contribution in [0.15, 0.2) is 67.0 Å². The van der Waals surface area contributed by atoms with E-state index in [4.69, 9.17) is 0 Å². The SMILES string of the molecule is Cc1ccc(C(=O)Nc2ccccc2C(=O)NCc2cccnc2)cc1C. The van der Waals surface area contributed by atoms with Crippen LogP contribution < -0.4 is 10.6 Å². The Kier molecular flexibility index (Phi) is 5.61. The van der Waals surface area contributed by atoms with E-state index in [0.29, 0.717) is 23.4 Å². The molecule has 2 N–H and O–H groups in total. The third-order valence-electron chi connectivity index (χ3n) is 4.36. The molecule has 3 rings (SSSR count). The fraction of sp³-hybridized carbons (Fsp3) is 0.136. The molecular formula is C22H21N3O2. The fourth-order valence-corrected chi connectivity index (χ4v) is 2.65. The molecule has 3 aromatic rings. The van der Waals surface area contributed by atoms with Gasteiger partial charge in [0.1, 0.15) is 0 Å². The number of hydrogen-bond donors (Lipinski definition) is 2. The van der Waals surface area contributed by atoms with Crippen LogP contribution in [-0.4, -0.2) is 16.8 Å². The van der Waals surface area contributed by atoms with E-state index in [-0.39, 0.29) is 11.8 Å². The molecule has 0 aliphatic heterocycles. The zero-order chi connectivity index (χ0) is 19.2. The van der Waals surface area contributed by atoms with Gasteiger partial charge in [0.05, 0.1) is 11.3 Å². The van der Waals surface area contributed by atoms with Crippen LogP contribution in [0.1, 0.15) is 37.4 Å². The second kappa shape index (κ2) is 8.27. The number of amides is 2. The molecule has 27 heavy (non-hydrogen) atoms. The summed E-state index contributed by atoms with van der Waals surface area (Å²) in [5, 5.41) is 5.70. The van der Waals surface area contributed by atoms with Gasteiger partial charge in [-0.2, -0.15) is 0 Å². The van der Waals surface area contributed by atoms with E-state index in [0.717, 1.165) is 16.7 Å². The molecule has 0 unspecified atom stereocenters. The molecule has 0 saturated carbocycles. The Hall–Kier alpha value is -3.47. The number of nitrogens with one attached hydrogen (secondary N) is 2. The lowest BCUT2D eigenvalue weighted by Crippen LogP contribution is -2.25. The van der Waals surface area contributed by atoms with Crippen molar-refractivity contribution in [2.24, 2.45) is 0 Å². The lowest BCUT2D eigenvalue weighted by Gasteiger charge is -2.12. The van der Waals surface area contributed by atoms with Gasteiger partial charge in [-0.05, 0) is 60.9 Å². The van der Waals surface area contributed by atoms with Crippen molar-refractivity contribution in [3.63, 3.8) is 0 Å². The van der Waals surface area contributed by atoms with Crippen molar-refractivity contribution in [1.29, 1.82) is 0 Å². The predicted molar refractivity (Wildman–Crippen MR) is 106 cm³/mol. The van der Waals surface area contributed by atoms with E-state index in [1.165, 1.54) is 0 Å². The first-order valence-corrected chi connectivity index (χ1v) is 8.69. The Morgan fingerprint density at radius 1 is 0.926 bits per heavy atom. The van der Waals surface area contributed by atoms with Crippen LogP contribution in [0, 0.1) is 13.8 Å². The lowest BCUT2D eigenvalue weighted by atomic mass is 10.1. The van der Waals surface area contributed by atoms with Crippen molar-refractivity contribution >= 4 is 17.5 Å². The number of benzene rings is 2. The Bertz CT molecular complexity index is 968. The second-order valence-corrected chi connectivity index (χ2v) is 6.34. The molecular weight excluding hydrogens is 338 g/mol. The zero-order valence-electron chi connectivity index (χ0n) is 15.3. The normalized spacial score (nSPS) is 10.3. The van der Waals surface area contributed by atoms with Gasteiger partial charge in [-0.1, -0.05) is 24.3 Å². The molecule has 2 amide bonds. The first-order valence-electron chi connectivity index (χ1n) is 8.69. The molecule has 0 radical (unpaired) electrons. The van der Waals surface area contributed by atoms with Crippen molar-refractivity contribution in [1.82, 2.24) is 10.3 Å². The molecule has 1 aromatic heterocycles. The topological polar surface area (TPSA) is 71.1 Å². The van der Waals surface area contributed by atoms with Gasteiger partial charge in [0.15, 0.2) is 0 Å². The zero-order valence-corrected chi connectivity index (χ0v) is 15.3. The summed E-state index contributed by atoms with van der Waals surface area (Å²) in [6, 6.07) is 16.2. The number of aryl methyl sites for hydroxylation is 2. The van der Waals surface area contributed by atoms with Crippen LogP contribution in [-0.2, 0) is 6.54 Å². The molecule has 5 nitrogen and oxygen atoms in total. The number of rotatable bonds is 5. The molecule has 0 aliphatic rings. The number of carbonyl (C=O) groups excluding carboxylic acids is 2. The lowest BCUT2D eigenvalue weighted by molar-refractivity contribution is 0.0951. The number of anilines is 1. The van der Waals surface area contributed by atoms with Crippen molar-refractivity contribution in [2.75, 3.05) is 5.32 Å². The maximum absolute atomic E-state index is 12.6. The molecule has 2 aromatic carbocycles. The molecule has 1 heterocycles. The third kappa shape index (κ3) is 4.58. The minimum Gasteiger partial charge on any atom is -0.348 e. The largest absolute Gasteiger partial charge is 0.348 e. The van der Waals surface area contributed by atoms with Gasteiger partial charge in [-0.15, -0.1) is 0 Å². The Morgan fingerprint density at radius 2 is 1.74 bits per heavy atom. The summed E-state index contributed by atoms with van der Waals surface area (Å²) < 4.78 is 0. The van der Waals surface area contributed by atoms with Crippen molar-refractivity contribution in [3.8, 4) is 0 Å². The van der Waals surface area contributed by atoms with Crippen molar-refractivity contribution < 1.29 is 9.59 Å². The smallest absolute Gasteiger partial charge is 0.255 e. The molecule has 0 bridgehead atoms. The van der Waals surface area contributed by atoms with Crippen LogP contribution in [0.5, 0.6) is 0 Å². The average Bonchev–Trinajstić information content (AvgIpc) is 2.69. The predicted octanol–water partition coefficient (Wildman–Crippen LogP) is 3.88. The minimum absolute atomic E-state index is 0.245. The molecule has 0 atom stereocenters. The third-order valence-corrected chi connectivity index (χ3v) is 4.36. The highest BCUT2D eigenvalue weighted by atomic mass is 16.2. The molecule has 5 heteroatoms. The van der Waals surface area contributed by atoms with Crippen LogP contribution in [0.4, 0.5) is 5.69 Å². The van der Waals surface area contributed by atoms with Gasteiger partial charge >= 0.3 is 0 Å². The summed E-state index contributed by atoms with van der Waals surface area (Å²) in [6.45, 7) is 4.33. The highest BCUT2D eigenvalue weighted by Crippen LogP contribution is 2.17. The van der Waals surface area contributed by atoms with Crippen LogP contribution in [0.3, 0.4) is 0 Å². The van der Waals surface area contributed by atoms with E-state index in [1.807, 2.05) is 38.1 Å². The van der Waals surface area contributed by atoms with Crippen molar-refractivity contribution in [3.05, 3.63) is 94.8 Å². The highest BCUT2D eigenvalue weighted by molar-refractivity contribution is 6.09. The van der Waals surface area contributed by atoms with Gasteiger partial charge in [-0.25, -0.2) is 0 Å². The van der Waals surface area contributed by atoms with Crippen LogP contribution in [0.25, 0.3) is 0 Å². The number of para-hydroxylation sites is 1. The van der Waals surface area contributed by atoms with Crippen molar-refractivity contribution in [2.45, 2.75) is 20.4 Å². The number of nitrogens with zero attached hydrogens (tertiary/aromatic N) is 1. The van der Waals surface area contributed by atoms with Crippen LogP contribution >= 0.6 is 0 Å². The van der Waals surface area contributed by atoms with Crippen LogP contribution in [0.2, 0.25) is 0 Å². The van der Waals surface area contributed by atoms with Gasteiger partial charge in [0.25, 0.3) is 11.8 Å². The second-order valence-electron chi connectivity index (χ2n) is 6.34. The summed E-state index contributed by atoms with van der Waals surface area (Å²) in [5.74, 6) is -0.500. The quantitative estimate of drug-likeness (QED) is 0.726. The van der Waals surface area contributed by atoms with E-state index >= 15 is 0 Å². The van der Waals surface area contributed by atoms with E-state index in [1.54, 1.807) is 42.7 Å². The number of aromatic nitrogens is 1. The molecule has 0 spiro atoms.